The van der Waals surface area contributed by atoms with Crippen molar-refractivity contribution < 1.29 is 19.1 Å². The minimum Gasteiger partial charge on any atom is -0.497 e. The average Bonchev–Trinajstić information content (AvgIpc) is 2.73. The van der Waals surface area contributed by atoms with Crippen molar-refractivity contribution >= 4 is 11.8 Å². The summed E-state index contributed by atoms with van der Waals surface area (Å²) in [6, 6.07) is 16.4. The van der Waals surface area contributed by atoms with Crippen molar-refractivity contribution in [2.45, 2.75) is 19.4 Å². The Bertz CT molecular complexity index is 827. The first-order chi connectivity index (χ1) is 13.4. The smallest absolute Gasteiger partial charge is 0.266 e. The predicted molar refractivity (Wildman–Crippen MR) is 107 cm³/mol. The molecule has 1 fully saturated rings. The van der Waals surface area contributed by atoms with E-state index in [1.54, 1.807) is 49.0 Å². The standard InChI is InChI=1S/C22H26N2O4/c1-22(2,28-18-9-5-4-6-10-18)21(26)24-14-12-23(13-15-24)20(25)17-8-7-11-19(16-17)27-3/h4-11,16H,12-15H2,1-3H3. The number of amides is 2. The second-order valence-corrected chi connectivity index (χ2v) is 7.24. The van der Waals surface area contributed by atoms with Gasteiger partial charge < -0.3 is 19.3 Å². The highest BCUT2D eigenvalue weighted by atomic mass is 16.5. The molecule has 1 heterocycles. The Kier molecular flexibility index (Phi) is 5.87. The first-order valence-electron chi connectivity index (χ1n) is 9.37. The predicted octanol–water partition coefficient (Wildman–Crippen LogP) is 2.84. The molecule has 0 spiro atoms. The number of ether oxygens (including phenoxy) is 2. The second-order valence-electron chi connectivity index (χ2n) is 7.24. The maximum Gasteiger partial charge on any atom is 0.266 e. The van der Waals surface area contributed by atoms with Gasteiger partial charge in [-0.25, -0.2) is 0 Å². The van der Waals surface area contributed by atoms with Crippen LogP contribution in [0.25, 0.3) is 0 Å². The molecule has 1 aliphatic heterocycles. The quantitative estimate of drug-likeness (QED) is 0.798. The molecule has 1 aliphatic rings. The number of benzene rings is 2. The Labute approximate surface area is 165 Å². The zero-order valence-corrected chi connectivity index (χ0v) is 16.6. The Hall–Kier alpha value is -3.02. The average molecular weight is 382 g/mol. The van der Waals surface area contributed by atoms with Crippen LogP contribution in [0.5, 0.6) is 11.5 Å². The van der Waals surface area contributed by atoms with E-state index >= 15 is 0 Å². The summed E-state index contributed by atoms with van der Waals surface area (Å²) in [4.78, 5) is 29.2. The number of methoxy groups -OCH3 is 1. The van der Waals surface area contributed by atoms with Gasteiger partial charge in [0.2, 0.25) is 0 Å². The molecule has 0 N–H and O–H groups in total. The number of rotatable bonds is 5. The topological polar surface area (TPSA) is 59.1 Å². The Morgan fingerprint density at radius 2 is 1.46 bits per heavy atom. The molecule has 0 aliphatic carbocycles. The summed E-state index contributed by atoms with van der Waals surface area (Å²) in [6.07, 6.45) is 0. The summed E-state index contributed by atoms with van der Waals surface area (Å²) >= 11 is 0. The maximum absolute atomic E-state index is 12.9. The van der Waals surface area contributed by atoms with Crippen LogP contribution in [0.3, 0.4) is 0 Å². The van der Waals surface area contributed by atoms with Crippen LogP contribution in [0.2, 0.25) is 0 Å². The van der Waals surface area contributed by atoms with Gasteiger partial charge in [-0.2, -0.15) is 0 Å². The highest BCUT2D eigenvalue weighted by Crippen LogP contribution is 2.21. The van der Waals surface area contributed by atoms with E-state index < -0.39 is 5.60 Å². The third-order valence-electron chi connectivity index (χ3n) is 4.80. The van der Waals surface area contributed by atoms with Crippen LogP contribution in [0, 0.1) is 0 Å². The van der Waals surface area contributed by atoms with E-state index in [4.69, 9.17) is 9.47 Å². The molecule has 2 amide bonds. The third kappa shape index (κ3) is 4.44. The molecule has 0 aromatic heterocycles. The molecule has 2 aromatic rings. The van der Waals surface area contributed by atoms with Crippen LogP contribution in [-0.4, -0.2) is 60.5 Å². The molecule has 0 saturated carbocycles. The lowest BCUT2D eigenvalue weighted by atomic mass is 10.1. The molecular formula is C22H26N2O4. The molecule has 148 valence electrons. The lowest BCUT2D eigenvalue weighted by Crippen LogP contribution is -2.56. The first kappa shape index (κ1) is 19.7. The molecule has 3 rings (SSSR count). The number of carbonyl (C=O) groups excluding carboxylic acids is 2. The zero-order chi connectivity index (χ0) is 20.1. The lowest BCUT2D eigenvalue weighted by Gasteiger charge is -2.38. The van der Waals surface area contributed by atoms with E-state index in [-0.39, 0.29) is 11.8 Å². The fraction of sp³-hybridized carbons (Fsp3) is 0.364. The summed E-state index contributed by atoms with van der Waals surface area (Å²) in [5.41, 5.74) is -0.382. The summed E-state index contributed by atoms with van der Waals surface area (Å²) in [5.74, 6) is 1.18. The highest BCUT2D eigenvalue weighted by Gasteiger charge is 2.36. The number of para-hydroxylation sites is 1. The van der Waals surface area contributed by atoms with Gasteiger partial charge >= 0.3 is 0 Å². The number of carbonyl (C=O) groups is 2. The first-order valence-corrected chi connectivity index (χ1v) is 9.37. The van der Waals surface area contributed by atoms with Crippen molar-refractivity contribution in [3.8, 4) is 11.5 Å². The third-order valence-corrected chi connectivity index (χ3v) is 4.80. The molecule has 0 atom stereocenters. The largest absolute Gasteiger partial charge is 0.497 e. The minimum atomic E-state index is -0.972. The molecule has 1 saturated heterocycles. The van der Waals surface area contributed by atoms with Gasteiger partial charge in [0.25, 0.3) is 11.8 Å². The van der Waals surface area contributed by atoms with Crippen molar-refractivity contribution in [1.82, 2.24) is 9.80 Å². The van der Waals surface area contributed by atoms with Crippen molar-refractivity contribution in [2.24, 2.45) is 0 Å². The lowest BCUT2D eigenvalue weighted by molar-refractivity contribution is -0.147. The summed E-state index contributed by atoms with van der Waals surface area (Å²) in [7, 11) is 1.58. The van der Waals surface area contributed by atoms with Gasteiger partial charge in [-0.05, 0) is 44.2 Å². The van der Waals surface area contributed by atoms with Gasteiger partial charge in [0.1, 0.15) is 11.5 Å². The second kappa shape index (κ2) is 8.33. The SMILES string of the molecule is COc1cccc(C(=O)N2CCN(C(=O)C(C)(C)Oc3ccccc3)CC2)c1. The van der Waals surface area contributed by atoms with Crippen molar-refractivity contribution in [1.29, 1.82) is 0 Å². The van der Waals surface area contributed by atoms with E-state index in [1.165, 1.54) is 0 Å². The Morgan fingerprint density at radius 3 is 2.11 bits per heavy atom. The summed E-state index contributed by atoms with van der Waals surface area (Å²) < 4.78 is 11.1. The van der Waals surface area contributed by atoms with Crippen molar-refractivity contribution in [2.75, 3.05) is 33.3 Å². The number of piperazine rings is 1. The molecule has 28 heavy (non-hydrogen) atoms. The monoisotopic (exact) mass is 382 g/mol. The van der Waals surface area contributed by atoms with Gasteiger partial charge in [-0.15, -0.1) is 0 Å². The van der Waals surface area contributed by atoms with Crippen LogP contribution >= 0.6 is 0 Å². The highest BCUT2D eigenvalue weighted by molar-refractivity contribution is 5.95. The fourth-order valence-corrected chi connectivity index (χ4v) is 3.26. The van der Waals surface area contributed by atoms with E-state index in [2.05, 4.69) is 0 Å². The van der Waals surface area contributed by atoms with Crippen molar-refractivity contribution in [3.05, 3.63) is 60.2 Å². The molecule has 0 bridgehead atoms. The molecule has 6 heteroatoms. The fourth-order valence-electron chi connectivity index (χ4n) is 3.26. The van der Waals surface area contributed by atoms with Crippen LogP contribution in [-0.2, 0) is 4.79 Å². The van der Waals surface area contributed by atoms with Crippen LogP contribution in [0.4, 0.5) is 0 Å². The van der Waals surface area contributed by atoms with E-state index in [0.717, 1.165) is 0 Å². The Morgan fingerprint density at radius 1 is 0.857 bits per heavy atom. The number of hydrogen-bond donors (Lipinski definition) is 0. The zero-order valence-electron chi connectivity index (χ0n) is 16.6. The van der Waals surface area contributed by atoms with Gasteiger partial charge in [0.05, 0.1) is 7.11 Å². The van der Waals surface area contributed by atoms with E-state index in [0.29, 0.717) is 43.2 Å². The molecule has 0 unspecified atom stereocenters. The van der Waals surface area contributed by atoms with Crippen LogP contribution in [0.15, 0.2) is 54.6 Å². The van der Waals surface area contributed by atoms with Crippen molar-refractivity contribution in [3.63, 3.8) is 0 Å². The van der Waals surface area contributed by atoms with Gasteiger partial charge in [0.15, 0.2) is 5.60 Å². The normalized spacial score (nSPS) is 14.5. The molecule has 6 nitrogen and oxygen atoms in total. The number of nitrogens with zero attached hydrogens (tertiary/aromatic N) is 2. The molecular weight excluding hydrogens is 356 g/mol. The molecule has 2 aromatic carbocycles. The maximum atomic E-state index is 12.9. The van der Waals surface area contributed by atoms with Gasteiger partial charge in [-0.3, -0.25) is 9.59 Å². The van der Waals surface area contributed by atoms with E-state index in [9.17, 15) is 9.59 Å². The van der Waals surface area contributed by atoms with Gasteiger partial charge in [-0.1, -0.05) is 24.3 Å². The summed E-state index contributed by atoms with van der Waals surface area (Å²) in [5, 5.41) is 0. The Balaban J connectivity index is 1.59. The van der Waals surface area contributed by atoms with E-state index in [1.807, 2.05) is 36.4 Å². The minimum absolute atomic E-state index is 0.0502. The summed E-state index contributed by atoms with van der Waals surface area (Å²) in [6.45, 7) is 5.49. The molecule has 0 radical (unpaired) electrons. The van der Waals surface area contributed by atoms with Crippen LogP contribution < -0.4 is 9.47 Å². The van der Waals surface area contributed by atoms with Gasteiger partial charge in [0, 0.05) is 31.7 Å². The number of hydrogen-bond acceptors (Lipinski definition) is 4. The van der Waals surface area contributed by atoms with Crippen LogP contribution in [0.1, 0.15) is 24.2 Å².